The van der Waals surface area contributed by atoms with E-state index in [1.54, 1.807) is 10.8 Å². The third-order valence-corrected chi connectivity index (χ3v) is 7.77. The minimum absolute atomic E-state index is 0.0142. The van der Waals surface area contributed by atoms with Gasteiger partial charge in [0.1, 0.15) is 9.53 Å². The van der Waals surface area contributed by atoms with Crippen LogP contribution < -0.4 is 10.9 Å². The van der Waals surface area contributed by atoms with Crippen LogP contribution in [0.5, 0.6) is 0 Å². The number of fused-ring (bicyclic) bond motifs is 3. The molecule has 170 valence electrons. The molecular weight excluding hydrogens is 456 g/mol. The molecule has 1 unspecified atom stereocenters. The predicted molar refractivity (Wildman–Crippen MR) is 133 cm³/mol. The van der Waals surface area contributed by atoms with Crippen molar-refractivity contribution in [1.82, 2.24) is 14.5 Å². The molecule has 0 bridgehead atoms. The Labute approximate surface area is 199 Å². The molecule has 4 heterocycles. The van der Waals surface area contributed by atoms with E-state index in [9.17, 15) is 9.59 Å². The number of aromatic nitrogens is 3. The number of thioether (sulfide) groups is 1. The van der Waals surface area contributed by atoms with E-state index in [-0.39, 0.29) is 23.3 Å². The second kappa shape index (κ2) is 9.62. The molecule has 3 aromatic heterocycles. The molecule has 7 nitrogen and oxygen atoms in total. The maximum absolute atomic E-state index is 13.4. The first-order valence-electron chi connectivity index (χ1n) is 11.0. The number of benzene rings is 1. The molecule has 1 aliphatic heterocycles. The number of nitrogens with zero attached hydrogens (tertiary/aromatic N) is 3. The molecule has 1 amide bonds. The van der Waals surface area contributed by atoms with Gasteiger partial charge in [0.2, 0.25) is 5.91 Å². The van der Waals surface area contributed by atoms with Gasteiger partial charge in [0.25, 0.3) is 5.56 Å². The van der Waals surface area contributed by atoms with Crippen LogP contribution in [0, 0.1) is 0 Å². The molecule has 1 fully saturated rings. The van der Waals surface area contributed by atoms with Gasteiger partial charge < -0.3 is 10.1 Å². The Morgan fingerprint density at radius 1 is 1.30 bits per heavy atom. The molecule has 5 rings (SSSR count). The molecular formula is C24H24N4O3S2. The fourth-order valence-electron chi connectivity index (χ4n) is 3.96. The zero-order valence-corrected chi connectivity index (χ0v) is 19.9. The molecule has 0 radical (unpaired) electrons. The number of aryl methyl sites for hydroxylation is 1. The minimum Gasteiger partial charge on any atom is -0.376 e. The van der Waals surface area contributed by atoms with E-state index in [0.29, 0.717) is 28.5 Å². The quantitative estimate of drug-likeness (QED) is 0.310. The molecule has 33 heavy (non-hydrogen) atoms. The summed E-state index contributed by atoms with van der Waals surface area (Å²) in [6, 6.07) is 11.6. The summed E-state index contributed by atoms with van der Waals surface area (Å²) in [4.78, 5) is 36.1. The van der Waals surface area contributed by atoms with Crippen LogP contribution in [0.15, 0.2) is 52.5 Å². The summed E-state index contributed by atoms with van der Waals surface area (Å²) in [6.45, 7) is 3.24. The van der Waals surface area contributed by atoms with Crippen molar-refractivity contribution < 1.29 is 9.53 Å². The van der Waals surface area contributed by atoms with E-state index in [2.05, 4.69) is 17.2 Å². The third kappa shape index (κ3) is 4.66. The lowest BCUT2D eigenvalue weighted by Crippen LogP contribution is -2.28. The van der Waals surface area contributed by atoms with Crippen molar-refractivity contribution in [3.05, 3.63) is 58.5 Å². The highest BCUT2D eigenvalue weighted by atomic mass is 32.2. The van der Waals surface area contributed by atoms with Crippen molar-refractivity contribution in [3.63, 3.8) is 0 Å². The summed E-state index contributed by atoms with van der Waals surface area (Å²) in [6.07, 6.45) is 4.56. The number of carbonyl (C=O) groups excluding carboxylic acids is 1. The zero-order valence-electron chi connectivity index (χ0n) is 18.2. The van der Waals surface area contributed by atoms with Crippen molar-refractivity contribution in [2.45, 2.75) is 44.0 Å². The number of pyridine rings is 1. The van der Waals surface area contributed by atoms with Crippen molar-refractivity contribution in [2.75, 3.05) is 17.7 Å². The molecule has 9 heteroatoms. The average Bonchev–Trinajstić information content (AvgIpc) is 3.48. The van der Waals surface area contributed by atoms with Crippen molar-refractivity contribution >= 4 is 55.1 Å². The highest BCUT2D eigenvalue weighted by Crippen LogP contribution is 2.31. The largest absolute Gasteiger partial charge is 0.376 e. The average molecular weight is 481 g/mol. The van der Waals surface area contributed by atoms with Crippen molar-refractivity contribution in [2.24, 2.45) is 0 Å². The Hall–Kier alpha value is -2.75. The summed E-state index contributed by atoms with van der Waals surface area (Å²) in [7, 11) is 0. The number of carbonyl (C=O) groups is 1. The van der Waals surface area contributed by atoms with Gasteiger partial charge in [-0.15, -0.1) is 11.3 Å². The second-order valence-electron chi connectivity index (χ2n) is 7.97. The Kier molecular flexibility index (Phi) is 6.43. The summed E-state index contributed by atoms with van der Waals surface area (Å²) >= 11 is 2.64. The van der Waals surface area contributed by atoms with E-state index < -0.39 is 0 Å². The highest BCUT2D eigenvalue weighted by Gasteiger charge is 2.22. The standard InChI is InChI=1S/C24H24N4O3S2/c1-2-15-7-9-16(10-8-15)26-19(29)14-32-24-27-20-18-6-3-11-25-22(18)33-21(20)23(30)28(24)13-17-5-4-12-31-17/h3,6-11,17H,2,4-5,12-14H2,1H3,(H,26,29). The third-order valence-electron chi connectivity index (χ3n) is 5.71. The summed E-state index contributed by atoms with van der Waals surface area (Å²) in [5.41, 5.74) is 2.52. The molecule has 1 saturated heterocycles. The smallest absolute Gasteiger partial charge is 0.272 e. The Morgan fingerprint density at radius 2 is 2.15 bits per heavy atom. The van der Waals surface area contributed by atoms with Crippen LogP contribution in [-0.2, 0) is 22.5 Å². The summed E-state index contributed by atoms with van der Waals surface area (Å²) in [5, 5.41) is 4.32. The SMILES string of the molecule is CCc1ccc(NC(=O)CSc2nc3c(sc4ncccc43)c(=O)n2CC2CCCO2)cc1. The monoisotopic (exact) mass is 480 g/mol. The first-order valence-corrected chi connectivity index (χ1v) is 12.8. The van der Waals surface area contributed by atoms with E-state index >= 15 is 0 Å². The number of rotatable bonds is 7. The number of anilines is 1. The van der Waals surface area contributed by atoms with Gasteiger partial charge in [0.05, 0.1) is 23.9 Å². The summed E-state index contributed by atoms with van der Waals surface area (Å²) < 4.78 is 8.03. The van der Waals surface area contributed by atoms with Gasteiger partial charge in [0.15, 0.2) is 5.16 Å². The van der Waals surface area contributed by atoms with Crippen LogP contribution >= 0.6 is 23.1 Å². The van der Waals surface area contributed by atoms with Gasteiger partial charge in [-0.2, -0.15) is 0 Å². The van der Waals surface area contributed by atoms with Crippen LogP contribution in [0.4, 0.5) is 5.69 Å². The van der Waals surface area contributed by atoms with Crippen LogP contribution in [0.1, 0.15) is 25.3 Å². The fourth-order valence-corrected chi connectivity index (χ4v) is 5.79. The number of ether oxygens (including phenoxy) is 1. The lowest BCUT2D eigenvalue weighted by atomic mass is 10.1. The Balaban J connectivity index is 1.43. The maximum Gasteiger partial charge on any atom is 0.272 e. The Bertz CT molecular complexity index is 1360. The molecule has 0 saturated carbocycles. The molecule has 1 aliphatic rings. The maximum atomic E-state index is 13.4. The first kappa shape index (κ1) is 22.1. The lowest BCUT2D eigenvalue weighted by molar-refractivity contribution is -0.113. The van der Waals surface area contributed by atoms with E-state index in [4.69, 9.17) is 9.72 Å². The van der Waals surface area contributed by atoms with E-state index in [0.717, 1.165) is 35.2 Å². The first-order chi connectivity index (χ1) is 16.1. The van der Waals surface area contributed by atoms with Crippen LogP contribution in [-0.4, -0.2) is 38.9 Å². The van der Waals surface area contributed by atoms with Crippen LogP contribution in [0.3, 0.4) is 0 Å². The number of hydrogen-bond donors (Lipinski definition) is 1. The van der Waals surface area contributed by atoms with E-state index in [1.165, 1.54) is 28.7 Å². The lowest BCUT2D eigenvalue weighted by Gasteiger charge is -2.15. The van der Waals surface area contributed by atoms with Gasteiger partial charge in [0, 0.05) is 23.9 Å². The van der Waals surface area contributed by atoms with Crippen LogP contribution in [0.25, 0.3) is 20.4 Å². The number of nitrogens with one attached hydrogen (secondary N) is 1. The molecule has 1 aromatic carbocycles. The highest BCUT2D eigenvalue weighted by molar-refractivity contribution is 7.99. The van der Waals surface area contributed by atoms with Gasteiger partial charge in [-0.05, 0) is 49.1 Å². The van der Waals surface area contributed by atoms with Crippen molar-refractivity contribution in [1.29, 1.82) is 0 Å². The van der Waals surface area contributed by atoms with E-state index in [1.807, 2.05) is 36.4 Å². The van der Waals surface area contributed by atoms with Crippen LogP contribution in [0.2, 0.25) is 0 Å². The normalized spacial score (nSPS) is 16.0. The van der Waals surface area contributed by atoms with Gasteiger partial charge in [-0.1, -0.05) is 30.8 Å². The second-order valence-corrected chi connectivity index (χ2v) is 9.91. The van der Waals surface area contributed by atoms with Crippen molar-refractivity contribution in [3.8, 4) is 0 Å². The minimum atomic E-state index is -0.140. The van der Waals surface area contributed by atoms with Gasteiger partial charge >= 0.3 is 0 Å². The van der Waals surface area contributed by atoms with Gasteiger partial charge in [-0.25, -0.2) is 9.97 Å². The number of amides is 1. The molecule has 0 aliphatic carbocycles. The molecule has 0 spiro atoms. The van der Waals surface area contributed by atoms with Gasteiger partial charge in [-0.3, -0.25) is 14.2 Å². The molecule has 4 aromatic rings. The number of thiophene rings is 1. The Morgan fingerprint density at radius 3 is 2.91 bits per heavy atom. The summed E-state index contributed by atoms with van der Waals surface area (Å²) in [5.74, 6) is 0.0124. The fraction of sp³-hybridized carbons (Fsp3) is 0.333. The number of hydrogen-bond acceptors (Lipinski definition) is 7. The zero-order chi connectivity index (χ0) is 22.8. The molecule has 1 atom stereocenters. The molecule has 1 N–H and O–H groups in total. The predicted octanol–water partition coefficient (Wildman–Crippen LogP) is 4.48. The topological polar surface area (TPSA) is 86.1 Å².